The fourth-order valence-corrected chi connectivity index (χ4v) is 4.24. The van der Waals surface area contributed by atoms with E-state index in [0.29, 0.717) is 24.6 Å². The molecule has 0 saturated heterocycles. The van der Waals surface area contributed by atoms with Gasteiger partial charge in [0.25, 0.3) is 10.0 Å². The van der Waals surface area contributed by atoms with E-state index in [2.05, 4.69) is 12.2 Å². The first-order valence-electron chi connectivity index (χ1n) is 9.97. The van der Waals surface area contributed by atoms with Crippen molar-refractivity contribution >= 4 is 21.6 Å². The average molecular weight is 419 g/mol. The summed E-state index contributed by atoms with van der Waals surface area (Å²) in [5.41, 5.74) is 1.38. The van der Waals surface area contributed by atoms with E-state index in [1.807, 2.05) is 13.8 Å². The Kier molecular flexibility index (Phi) is 8.51. The van der Waals surface area contributed by atoms with Crippen LogP contribution < -0.4 is 14.4 Å². The topological polar surface area (TPSA) is 75.7 Å². The highest BCUT2D eigenvalue weighted by atomic mass is 32.2. The zero-order chi connectivity index (χ0) is 21.3. The lowest BCUT2D eigenvalue weighted by molar-refractivity contribution is -0.119. The molecule has 0 aliphatic carbocycles. The number of nitrogens with zero attached hydrogens (tertiary/aromatic N) is 1. The van der Waals surface area contributed by atoms with Gasteiger partial charge < -0.3 is 10.1 Å². The van der Waals surface area contributed by atoms with Crippen molar-refractivity contribution in [1.82, 2.24) is 5.32 Å². The third-order valence-corrected chi connectivity index (χ3v) is 6.22. The maximum Gasteiger partial charge on any atom is 0.264 e. The molecule has 1 N–H and O–H groups in total. The summed E-state index contributed by atoms with van der Waals surface area (Å²) in [7, 11) is -3.89. The van der Waals surface area contributed by atoms with Crippen LogP contribution in [0, 0.1) is 6.92 Å². The van der Waals surface area contributed by atoms with E-state index in [4.69, 9.17) is 4.74 Å². The quantitative estimate of drug-likeness (QED) is 0.562. The Balaban J connectivity index is 2.29. The summed E-state index contributed by atoms with van der Waals surface area (Å²) >= 11 is 0. The van der Waals surface area contributed by atoms with Crippen molar-refractivity contribution < 1.29 is 17.9 Å². The predicted octanol–water partition coefficient (Wildman–Crippen LogP) is 3.90. The molecule has 2 aromatic rings. The number of rotatable bonds is 11. The van der Waals surface area contributed by atoms with Gasteiger partial charge >= 0.3 is 0 Å². The zero-order valence-electron chi connectivity index (χ0n) is 17.3. The minimum atomic E-state index is -3.89. The number of unbranched alkanes of at least 4 members (excludes halogenated alkanes) is 2. The molecule has 0 bridgehead atoms. The smallest absolute Gasteiger partial charge is 0.264 e. The number of hydrogen-bond donors (Lipinski definition) is 1. The van der Waals surface area contributed by atoms with Gasteiger partial charge in [0, 0.05) is 6.54 Å². The molecule has 0 radical (unpaired) electrons. The molecular weight excluding hydrogens is 388 g/mol. The van der Waals surface area contributed by atoms with Gasteiger partial charge in [-0.15, -0.1) is 0 Å². The van der Waals surface area contributed by atoms with Crippen LogP contribution in [0.25, 0.3) is 0 Å². The molecule has 6 nitrogen and oxygen atoms in total. The Morgan fingerprint density at radius 3 is 2.24 bits per heavy atom. The van der Waals surface area contributed by atoms with Gasteiger partial charge in [0.1, 0.15) is 12.3 Å². The molecule has 0 unspecified atom stereocenters. The predicted molar refractivity (Wildman–Crippen MR) is 116 cm³/mol. The lowest BCUT2D eigenvalue weighted by atomic mass is 10.2. The highest BCUT2D eigenvalue weighted by molar-refractivity contribution is 7.92. The van der Waals surface area contributed by atoms with Gasteiger partial charge in [-0.25, -0.2) is 8.42 Å². The summed E-state index contributed by atoms with van der Waals surface area (Å²) in [4.78, 5) is 12.6. The first-order chi connectivity index (χ1) is 13.9. The van der Waals surface area contributed by atoms with Crippen LogP contribution in [-0.2, 0) is 14.8 Å². The Labute approximate surface area is 173 Å². The van der Waals surface area contributed by atoms with Gasteiger partial charge in [0.2, 0.25) is 5.91 Å². The highest BCUT2D eigenvalue weighted by Crippen LogP contribution is 2.26. The third-order valence-electron chi connectivity index (χ3n) is 4.43. The molecule has 0 aliphatic rings. The summed E-state index contributed by atoms with van der Waals surface area (Å²) in [6.45, 7) is 6.63. The summed E-state index contributed by atoms with van der Waals surface area (Å²) in [5, 5.41) is 2.81. The lowest BCUT2D eigenvalue weighted by Crippen LogP contribution is -2.41. The number of amides is 1. The Morgan fingerprint density at radius 1 is 1.00 bits per heavy atom. The van der Waals surface area contributed by atoms with E-state index < -0.39 is 10.0 Å². The standard InChI is InChI=1S/C22H30N2O4S/c1-4-6-7-16-23-22(25)17-24(19-10-12-20(13-11-19)28-5-2)29(26,27)21-14-8-18(3)9-15-21/h8-15H,4-7,16-17H2,1-3H3,(H,23,25). The molecule has 0 aromatic heterocycles. The van der Waals surface area contributed by atoms with Gasteiger partial charge in [-0.05, 0) is 56.7 Å². The number of benzene rings is 2. The molecule has 158 valence electrons. The maximum absolute atomic E-state index is 13.3. The van der Waals surface area contributed by atoms with Crippen molar-refractivity contribution in [2.24, 2.45) is 0 Å². The second kappa shape index (κ2) is 10.9. The zero-order valence-corrected chi connectivity index (χ0v) is 18.2. The van der Waals surface area contributed by atoms with E-state index in [-0.39, 0.29) is 17.3 Å². The minimum absolute atomic E-state index is 0.149. The summed E-state index contributed by atoms with van der Waals surface area (Å²) in [6.07, 6.45) is 2.94. The van der Waals surface area contributed by atoms with Crippen LogP contribution in [0.1, 0.15) is 38.7 Å². The monoisotopic (exact) mass is 418 g/mol. The van der Waals surface area contributed by atoms with E-state index in [1.165, 1.54) is 0 Å². The number of anilines is 1. The summed E-state index contributed by atoms with van der Waals surface area (Å²) in [5.74, 6) is 0.318. The number of sulfonamides is 1. The second-order valence-electron chi connectivity index (χ2n) is 6.81. The van der Waals surface area contributed by atoms with Crippen molar-refractivity contribution in [3.63, 3.8) is 0 Å². The molecule has 0 saturated carbocycles. The molecule has 7 heteroatoms. The number of carbonyl (C=O) groups is 1. The SMILES string of the molecule is CCCCCNC(=O)CN(c1ccc(OCC)cc1)S(=O)(=O)c1ccc(C)cc1. The van der Waals surface area contributed by atoms with Crippen molar-refractivity contribution in [1.29, 1.82) is 0 Å². The minimum Gasteiger partial charge on any atom is -0.494 e. The third kappa shape index (κ3) is 6.49. The van der Waals surface area contributed by atoms with Crippen LogP contribution >= 0.6 is 0 Å². The first-order valence-corrected chi connectivity index (χ1v) is 11.4. The fraction of sp³-hybridized carbons (Fsp3) is 0.409. The summed E-state index contributed by atoms with van der Waals surface area (Å²) < 4.78 is 33.1. The van der Waals surface area contributed by atoms with E-state index in [1.54, 1.807) is 48.5 Å². The molecule has 0 aliphatic heterocycles. The van der Waals surface area contributed by atoms with Gasteiger partial charge in [0.05, 0.1) is 17.2 Å². The van der Waals surface area contributed by atoms with Gasteiger partial charge in [-0.2, -0.15) is 0 Å². The molecule has 0 fully saturated rings. The van der Waals surface area contributed by atoms with Crippen LogP contribution in [0.3, 0.4) is 0 Å². The largest absolute Gasteiger partial charge is 0.494 e. The number of nitrogens with one attached hydrogen (secondary N) is 1. The van der Waals surface area contributed by atoms with Crippen molar-refractivity contribution in [2.45, 2.75) is 44.9 Å². The van der Waals surface area contributed by atoms with Gasteiger partial charge in [-0.1, -0.05) is 37.5 Å². The fourth-order valence-electron chi connectivity index (χ4n) is 2.82. The molecule has 0 heterocycles. The molecule has 0 spiro atoms. The average Bonchev–Trinajstić information content (AvgIpc) is 2.71. The summed E-state index contributed by atoms with van der Waals surface area (Å²) in [6, 6.07) is 13.3. The van der Waals surface area contributed by atoms with Crippen LogP contribution in [0.4, 0.5) is 5.69 Å². The number of hydrogen-bond acceptors (Lipinski definition) is 4. The first kappa shape index (κ1) is 22.7. The van der Waals surface area contributed by atoms with E-state index >= 15 is 0 Å². The Hall–Kier alpha value is -2.54. The van der Waals surface area contributed by atoms with E-state index in [0.717, 1.165) is 29.1 Å². The Morgan fingerprint density at radius 2 is 1.66 bits per heavy atom. The number of ether oxygens (including phenoxy) is 1. The molecule has 2 rings (SSSR count). The highest BCUT2D eigenvalue weighted by Gasteiger charge is 2.27. The molecule has 1 amide bonds. The van der Waals surface area contributed by atoms with Crippen LogP contribution in [0.15, 0.2) is 53.4 Å². The van der Waals surface area contributed by atoms with Crippen LogP contribution in [-0.4, -0.2) is 34.0 Å². The normalized spacial score (nSPS) is 11.1. The maximum atomic E-state index is 13.3. The Bertz CT molecular complexity index is 878. The second-order valence-corrected chi connectivity index (χ2v) is 8.67. The van der Waals surface area contributed by atoms with E-state index in [9.17, 15) is 13.2 Å². The van der Waals surface area contributed by atoms with Gasteiger partial charge in [-0.3, -0.25) is 9.10 Å². The molecule has 0 atom stereocenters. The van der Waals surface area contributed by atoms with Gasteiger partial charge in [0.15, 0.2) is 0 Å². The lowest BCUT2D eigenvalue weighted by Gasteiger charge is -2.24. The van der Waals surface area contributed by atoms with Crippen molar-refractivity contribution in [2.75, 3.05) is 24.0 Å². The molecule has 29 heavy (non-hydrogen) atoms. The number of aryl methyl sites for hydroxylation is 1. The van der Waals surface area contributed by atoms with Crippen molar-refractivity contribution in [3.8, 4) is 5.75 Å². The molecule has 2 aromatic carbocycles. The van der Waals surface area contributed by atoms with Crippen molar-refractivity contribution in [3.05, 3.63) is 54.1 Å². The number of carbonyl (C=O) groups excluding carboxylic acids is 1. The van der Waals surface area contributed by atoms with Crippen LogP contribution in [0.5, 0.6) is 5.75 Å². The molecular formula is C22H30N2O4S. The van der Waals surface area contributed by atoms with Crippen LogP contribution in [0.2, 0.25) is 0 Å².